The van der Waals surface area contributed by atoms with E-state index in [2.05, 4.69) is 23.8 Å². The lowest BCUT2D eigenvalue weighted by atomic mass is 9.77. The van der Waals surface area contributed by atoms with Gasteiger partial charge in [-0.1, -0.05) is 84.9 Å². The summed E-state index contributed by atoms with van der Waals surface area (Å²) < 4.78 is 66.8. The molecule has 0 unspecified atom stereocenters. The van der Waals surface area contributed by atoms with Crippen molar-refractivity contribution in [3.63, 3.8) is 0 Å². The number of carbonyl (C=O) groups excluding carboxylic acids is 1. The number of nitrogens with one attached hydrogen (secondary N) is 1. The summed E-state index contributed by atoms with van der Waals surface area (Å²) in [5, 5.41) is 2.77. The Bertz CT molecular complexity index is 2570. The van der Waals surface area contributed by atoms with E-state index in [1.165, 1.54) is 15.9 Å². The van der Waals surface area contributed by atoms with E-state index in [0.717, 1.165) is 35.1 Å². The molecule has 16 heteroatoms. The molecular weight excluding hydrogens is 894 g/mol. The van der Waals surface area contributed by atoms with Gasteiger partial charge in [-0.25, -0.2) is 9.36 Å². The number of ether oxygens (including phenoxy) is 6. The average Bonchev–Trinajstić information content (AvgIpc) is 3.81. The summed E-state index contributed by atoms with van der Waals surface area (Å²) in [6, 6.07) is 33.8. The fraction of sp³-hybridized carbons (Fsp3) is 0.392. The van der Waals surface area contributed by atoms with E-state index in [4.69, 9.17) is 37.5 Å². The number of methoxy groups -OCH3 is 3. The largest absolute Gasteiger partial charge is 0.497 e. The molecule has 5 aromatic rings. The Kier molecular flexibility index (Phi) is 14.9. The van der Waals surface area contributed by atoms with Gasteiger partial charge in [0.15, 0.2) is 6.23 Å². The second kappa shape index (κ2) is 20.6. The number of benzene rings is 4. The normalized spacial score (nSPS) is 25.9. The van der Waals surface area contributed by atoms with Crippen LogP contribution in [-0.2, 0) is 38.2 Å². The average molecular weight is 952 g/mol. The zero-order valence-electron chi connectivity index (χ0n) is 38.6. The lowest BCUT2D eigenvalue weighted by Gasteiger charge is -2.37. The topological polar surface area (TPSA) is 155 Å². The van der Waals surface area contributed by atoms with Gasteiger partial charge in [0.1, 0.15) is 41.2 Å². The maximum absolute atomic E-state index is 15.2. The third-order valence-corrected chi connectivity index (χ3v) is 17.5. The van der Waals surface area contributed by atoms with Crippen LogP contribution >= 0.6 is 18.2 Å². The summed E-state index contributed by atoms with van der Waals surface area (Å²) in [6.45, 7) is 6.20. The Morgan fingerprint density at radius 1 is 0.910 bits per heavy atom. The van der Waals surface area contributed by atoms with Crippen LogP contribution in [0.5, 0.6) is 11.5 Å². The van der Waals surface area contributed by atoms with Crippen LogP contribution < -0.4 is 20.5 Å². The van der Waals surface area contributed by atoms with Crippen molar-refractivity contribution in [2.24, 2.45) is 5.92 Å². The van der Waals surface area contributed by atoms with Gasteiger partial charge in [-0.15, -0.1) is 0 Å². The van der Waals surface area contributed by atoms with Gasteiger partial charge in [-0.05, 0) is 110 Å². The number of rotatable bonds is 18. The van der Waals surface area contributed by atoms with Crippen LogP contribution in [0.25, 0.3) is 0 Å². The fourth-order valence-electron chi connectivity index (χ4n) is 9.15. The maximum atomic E-state index is 15.2. The first-order chi connectivity index (χ1) is 32.3. The zero-order valence-corrected chi connectivity index (χ0v) is 40.3. The van der Waals surface area contributed by atoms with Gasteiger partial charge < -0.3 is 33.7 Å². The first-order valence-corrected chi connectivity index (χ1v) is 25.3. The fourth-order valence-corrected chi connectivity index (χ4v) is 14.5. The summed E-state index contributed by atoms with van der Waals surface area (Å²) in [6.07, 6.45) is -0.861. The van der Waals surface area contributed by atoms with Crippen molar-refractivity contribution in [1.29, 1.82) is 0 Å². The molecule has 0 bridgehead atoms. The van der Waals surface area contributed by atoms with Gasteiger partial charge in [0.05, 0.1) is 44.9 Å². The first kappa shape index (κ1) is 48.4. The van der Waals surface area contributed by atoms with Crippen LogP contribution in [0, 0.1) is 12.8 Å². The molecule has 2 aliphatic heterocycles. The van der Waals surface area contributed by atoms with Gasteiger partial charge in [-0.2, -0.15) is 4.98 Å². The quantitative estimate of drug-likeness (QED) is 0.0384. The molecule has 354 valence electrons. The summed E-state index contributed by atoms with van der Waals surface area (Å²) in [4.78, 5) is 31.7. The molecule has 14 nitrogen and oxygen atoms in total. The number of hydrogen-bond acceptors (Lipinski definition) is 13. The first-order valence-electron chi connectivity index (χ1n) is 22.3. The third kappa shape index (κ3) is 10.2. The minimum atomic E-state index is -3.95. The molecule has 8 atom stereocenters. The van der Waals surface area contributed by atoms with Gasteiger partial charge in [-0.3, -0.25) is 18.4 Å². The number of nitrogens with zero attached hydrogens (tertiary/aromatic N) is 2. The van der Waals surface area contributed by atoms with Crippen molar-refractivity contribution < 1.29 is 46.8 Å². The summed E-state index contributed by atoms with van der Waals surface area (Å²) >= 11 is 1.22. The SMILES string of the molecule is C=C(C)[C@@H]1CC[C@]2(C)S[P@](=O)(O[C@H]3[C@@H](OCCOC)[C@H](n4cc(C)c(NC(=O)c5ccccc5)nc4=O)O[C@@H]3COC(c3ccccc3)(c3ccc(OC)cc3)c3ccc(OC)cc3)O[C@H]2C1. The molecule has 1 aliphatic carbocycles. The number of allylic oxidation sites excluding steroid dienone is 1. The maximum Gasteiger partial charge on any atom is 0.390 e. The number of aryl methyl sites for hydroxylation is 1. The van der Waals surface area contributed by atoms with Crippen molar-refractivity contribution in [2.75, 3.05) is 46.5 Å². The molecule has 8 rings (SSSR count). The minimum absolute atomic E-state index is 0.0748. The second-order valence-corrected chi connectivity index (χ2v) is 21.6. The Balaban J connectivity index is 1.22. The number of hydrogen-bond donors (Lipinski definition) is 1. The molecule has 4 aromatic carbocycles. The van der Waals surface area contributed by atoms with E-state index in [1.54, 1.807) is 58.7 Å². The highest BCUT2D eigenvalue weighted by Crippen LogP contribution is 2.76. The van der Waals surface area contributed by atoms with Gasteiger partial charge in [0, 0.05) is 24.4 Å². The third-order valence-electron chi connectivity index (χ3n) is 12.9. The summed E-state index contributed by atoms with van der Waals surface area (Å²) in [7, 11) is 4.78. The van der Waals surface area contributed by atoms with Crippen LogP contribution in [0.3, 0.4) is 0 Å². The van der Waals surface area contributed by atoms with Gasteiger partial charge in [0.25, 0.3) is 5.91 Å². The van der Waals surface area contributed by atoms with Crippen molar-refractivity contribution in [3.8, 4) is 11.5 Å². The highest BCUT2D eigenvalue weighted by atomic mass is 32.7. The number of fused-ring (bicyclic) bond motifs is 1. The van der Waals surface area contributed by atoms with Crippen LogP contribution in [0.4, 0.5) is 5.82 Å². The van der Waals surface area contributed by atoms with E-state index >= 15 is 4.57 Å². The molecule has 0 radical (unpaired) electrons. The Morgan fingerprint density at radius 2 is 1.52 bits per heavy atom. The predicted molar refractivity (Wildman–Crippen MR) is 257 cm³/mol. The Labute approximate surface area is 395 Å². The highest BCUT2D eigenvalue weighted by Gasteiger charge is 2.59. The van der Waals surface area contributed by atoms with Crippen LogP contribution in [0.15, 0.2) is 132 Å². The summed E-state index contributed by atoms with van der Waals surface area (Å²) in [5.41, 5.74) is 2.31. The van der Waals surface area contributed by atoms with E-state index in [-0.39, 0.29) is 37.7 Å². The number of anilines is 1. The molecule has 3 fully saturated rings. The number of amides is 1. The molecule has 3 aliphatic rings. The van der Waals surface area contributed by atoms with Gasteiger partial charge in [0.2, 0.25) is 0 Å². The lowest BCUT2D eigenvalue weighted by molar-refractivity contribution is -0.0991. The summed E-state index contributed by atoms with van der Waals surface area (Å²) in [5.74, 6) is 1.22. The molecule has 1 aromatic heterocycles. The smallest absolute Gasteiger partial charge is 0.390 e. The van der Waals surface area contributed by atoms with Crippen LogP contribution in [0.1, 0.15) is 71.9 Å². The molecule has 0 spiro atoms. The van der Waals surface area contributed by atoms with Crippen molar-refractivity contribution in [1.82, 2.24) is 9.55 Å². The van der Waals surface area contributed by atoms with E-state index in [9.17, 15) is 9.59 Å². The molecule has 1 saturated carbocycles. The van der Waals surface area contributed by atoms with Gasteiger partial charge >= 0.3 is 12.5 Å². The van der Waals surface area contributed by atoms with Crippen molar-refractivity contribution in [3.05, 3.63) is 166 Å². The zero-order chi connectivity index (χ0) is 47.3. The Hall–Kier alpha value is -5.09. The molecule has 3 heterocycles. The van der Waals surface area contributed by atoms with E-state index in [1.807, 2.05) is 91.9 Å². The van der Waals surface area contributed by atoms with Crippen LogP contribution in [-0.4, -0.2) is 85.8 Å². The van der Waals surface area contributed by atoms with E-state index < -0.39 is 53.3 Å². The van der Waals surface area contributed by atoms with Crippen LogP contribution in [0.2, 0.25) is 0 Å². The lowest BCUT2D eigenvalue weighted by Crippen LogP contribution is -2.42. The molecule has 67 heavy (non-hydrogen) atoms. The highest BCUT2D eigenvalue weighted by molar-refractivity contribution is 8.56. The molecule has 2 saturated heterocycles. The molecular formula is C51H58N3O11PS. The van der Waals surface area contributed by atoms with Crippen molar-refractivity contribution >= 4 is 29.9 Å². The standard InChI is InChI=1S/C51H58N3O11PS/c1-33(2)36-26-27-50(4)43(30-36)64-66(57,67-50)65-44-42(32-62-51(37-16-12-9-13-17-37,38-18-22-40(59-6)23-19-38)39-20-24-41(60-7)25-21-39)63-48(45(44)61-29-28-58-5)54-31-34(3)46(53-49(54)56)52-47(55)35-14-10-8-11-15-35/h8-25,31,36,42-45,48H,1,26-30,32H2,2-7H3,(H,52,53,55,56)/t36-,42-,43+,44-,45-,48-,50+,66+/m1/s1. The Morgan fingerprint density at radius 3 is 2.12 bits per heavy atom. The molecule has 1 amide bonds. The number of carbonyl (C=O) groups is 1. The van der Waals surface area contributed by atoms with E-state index in [0.29, 0.717) is 29.0 Å². The second-order valence-electron chi connectivity index (χ2n) is 17.3. The number of aromatic nitrogens is 2. The molecule has 1 N–H and O–H groups in total. The minimum Gasteiger partial charge on any atom is -0.497 e. The van der Waals surface area contributed by atoms with Crippen molar-refractivity contribution in [2.45, 2.75) is 81.0 Å². The monoisotopic (exact) mass is 951 g/mol. The predicted octanol–water partition coefficient (Wildman–Crippen LogP) is 9.52.